The predicted molar refractivity (Wildman–Crippen MR) is 154 cm³/mol. The first-order chi connectivity index (χ1) is 16.0. The molecule has 0 spiro atoms. The molecule has 0 aromatic rings. The van der Waals surface area contributed by atoms with Crippen LogP contribution in [0.1, 0.15) is 150 Å². The molecule has 0 N–H and O–H groups in total. The van der Waals surface area contributed by atoms with E-state index in [0.29, 0.717) is 12.2 Å². The molecule has 0 heterocycles. The average molecular weight is 521 g/mol. The number of rotatable bonds is 23. The third-order valence-corrected chi connectivity index (χ3v) is 9.46. The standard InChI is InChI=1S/C24H51P.C6H10O2.ClH/c1-4-7-10-13-16-19-22-25(23-20-17-14-11-8-5-2)24-21-18-15-12-9-6-3;1-4-8-6(7)5(2)3;/h4-24H2,1-3H3;2,4H2,1,3H3;1H. The Morgan fingerprint density at radius 3 is 1.12 bits per heavy atom. The van der Waals surface area contributed by atoms with Crippen LogP contribution in [0.5, 0.6) is 0 Å². The third kappa shape index (κ3) is 31.9. The van der Waals surface area contributed by atoms with Gasteiger partial charge in [-0.3, -0.25) is 0 Å². The summed E-state index contributed by atoms with van der Waals surface area (Å²) >= 11 is 0. The van der Waals surface area contributed by atoms with Gasteiger partial charge < -0.3 is 17.1 Å². The zero-order valence-corrected chi connectivity index (χ0v) is 25.7. The average Bonchev–Trinajstić information content (AvgIpc) is 2.80. The fraction of sp³-hybridized carbons (Fsp3) is 0.900. The largest absolute Gasteiger partial charge is 1.00 e. The number of unbranched alkanes of at least 4 members (excludes halogenated alkanes) is 15. The van der Waals surface area contributed by atoms with Gasteiger partial charge in [0.2, 0.25) is 0 Å². The van der Waals surface area contributed by atoms with Crippen LogP contribution in [0.15, 0.2) is 12.2 Å². The Morgan fingerprint density at radius 2 is 0.882 bits per heavy atom. The van der Waals surface area contributed by atoms with Crippen LogP contribution in [-0.4, -0.2) is 31.1 Å². The first-order valence-electron chi connectivity index (χ1n) is 14.7. The summed E-state index contributed by atoms with van der Waals surface area (Å²) in [5.74, 6) is -0.312. The fourth-order valence-electron chi connectivity index (χ4n) is 4.10. The summed E-state index contributed by atoms with van der Waals surface area (Å²) in [4.78, 5) is 10.4. The van der Waals surface area contributed by atoms with Gasteiger partial charge in [0, 0.05) is 13.5 Å². The summed E-state index contributed by atoms with van der Waals surface area (Å²) in [5, 5.41) is 0. The molecule has 0 saturated heterocycles. The van der Waals surface area contributed by atoms with Crippen LogP contribution in [-0.2, 0) is 9.53 Å². The van der Waals surface area contributed by atoms with Crippen molar-refractivity contribution in [3.63, 3.8) is 0 Å². The van der Waals surface area contributed by atoms with Crippen molar-refractivity contribution in [1.82, 2.24) is 0 Å². The summed E-state index contributed by atoms with van der Waals surface area (Å²) in [7, 11) is -0.0222. The second-order valence-corrected chi connectivity index (χ2v) is 12.8. The third-order valence-electron chi connectivity index (χ3n) is 6.28. The lowest BCUT2D eigenvalue weighted by Crippen LogP contribution is -3.00. The van der Waals surface area contributed by atoms with E-state index in [1.807, 2.05) is 0 Å². The van der Waals surface area contributed by atoms with Crippen molar-refractivity contribution in [3.8, 4) is 0 Å². The lowest BCUT2D eigenvalue weighted by molar-refractivity contribution is -0.138. The monoisotopic (exact) mass is 520 g/mol. The topological polar surface area (TPSA) is 26.3 Å². The number of carbonyl (C=O) groups is 1. The Hall–Kier alpha value is -0.0700. The quantitative estimate of drug-likeness (QED) is 0.0606. The van der Waals surface area contributed by atoms with Gasteiger partial charge in [-0.1, -0.05) is 104 Å². The van der Waals surface area contributed by atoms with Gasteiger partial charge in [0.15, 0.2) is 0 Å². The zero-order valence-electron chi connectivity index (χ0n) is 24.0. The summed E-state index contributed by atoms with van der Waals surface area (Å²) in [6, 6.07) is 0. The molecule has 0 rings (SSSR count). The van der Waals surface area contributed by atoms with Crippen molar-refractivity contribution < 1.29 is 21.9 Å². The van der Waals surface area contributed by atoms with Gasteiger partial charge in [0.05, 0.1) is 25.1 Å². The van der Waals surface area contributed by atoms with Crippen molar-refractivity contribution in [2.75, 3.05) is 25.1 Å². The number of hydrogen-bond acceptors (Lipinski definition) is 2. The second kappa shape index (κ2) is 32.9. The first kappa shape index (κ1) is 38.5. The summed E-state index contributed by atoms with van der Waals surface area (Å²) in [6.07, 6.45) is 31.5. The van der Waals surface area contributed by atoms with E-state index in [2.05, 4.69) is 32.1 Å². The maximum absolute atomic E-state index is 10.4. The Morgan fingerprint density at radius 1 is 0.588 bits per heavy atom. The van der Waals surface area contributed by atoms with E-state index in [1.165, 1.54) is 96.3 Å². The SMILES string of the molecule is C=C(C)C(=O)OCC.CCCCCCCC[PH+](CCCCCCCC)CCCCCCCC.[Cl-]. The first-order valence-corrected chi connectivity index (χ1v) is 16.8. The maximum atomic E-state index is 10.4. The summed E-state index contributed by atoms with van der Waals surface area (Å²) in [6.45, 7) is 14.2. The Labute approximate surface area is 223 Å². The normalized spacial score (nSPS) is 10.4. The maximum Gasteiger partial charge on any atom is 0.333 e. The number of halogens is 1. The van der Waals surface area contributed by atoms with Crippen molar-refractivity contribution in [2.45, 2.75) is 150 Å². The smallest absolute Gasteiger partial charge is 0.333 e. The van der Waals surface area contributed by atoms with Crippen LogP contribution in [0.25, 0.3) is 0 Å². The Kier molecular flexibility index (Phi) is 37.2. The van der Waals surface area contributed by atoms with E-state index in [0.717, 1.165) is 0 Å². The minimum Gasteiger partial charge on any atom is -1.00 e. The van der Waals surface area contributed by atoms with E-state index in [1.54, 1.807) is 51.6 Å². The molecule has 0 saturated carbocycles. The molecule has 0 amide bonds. The highest BCUT2D eigenvalue weighted by atomic mass is 35.5. The van der Waals surface area contributed by atoms with Gasteiger partial charge in [-0.05, 0) is 52.4 Å². The van der Waals surface area contributed by atoms with Crippen LogP contribution < -0.4 is 12.4 Å². The van der Waals surface area contributed by atoms with Gasteiger partial charge >= 0.3 is 5.97 Å². The van der Waals surface area contributed by atoms with Crippen LogP contribution >= 0.6 is 7.92 Å². The fourth-order valence-corrected chi connectivity index (χ4v) is 7.10. The molecule has 0 radical (unpaired) electrons. The molecular formula is C30H62ClO2P. The Bertz CT molecular complexity index is 377. The highest BCUT2D eigenvalue weighted by Crippen LogP contribution is 2.39. The molecular weight excluding hydrogens is 459 g/mol. The molecule has 0 aliphatic heterocycles. The lowest BCUT2D eigenvalue weighted by atomic mass is 10.1. The second-order valence-electron chi connectivity index (χ2n) is 9.80. The Balaban J connectivity index is -0.000000910. The molecule has 4 heteroatoms. The highest BCUT2D eigenvalue weighted by Gasteiger charge is 2.14. The summed E-state index contributed by atoms with van der Waals surface area (Å²) < 4.78 is 4.56. The molecule has 0 unspecified atom stereocenters. The molecule has 0 bridgehead atoms. The van der Waals surface area contributed by atoms with E-state index >= 15 is 0 Å². The lowest BCUT2D eigenvalue weighted by Gasteiger charge is -2.11. The molecule has 0 aromatic heterocycles. The predicted octanol–water partition coefficient (Wildman–Crippen LogP) is 7.41. The molecule has 34 heavy (non-hydrogen) atoms. The molecule has 0 fully saturated rings. The van der Waals surface area contributed by atoms with Crippen molar-refractivity contribution in [1.29, 1.82) is 0 Å². The number of carbonyl (C=O) groups excluding carboxylic acids is 1. The van der Waals surface area contributed by atoms with Gasteiger partial charge in [0.25, 0.3) is 0 Å². The summed E-state index contributed by atoms with van der Waals surface area (Å²) in [5.41, 5.74) is 0.451. The molecule has 0 aliphatic rings. The number of hydrogen-bond donors (Lipinski definition) is 0. The zero-order chi connectivity index (χ0) is 25.0. The molecule has 2 nitrogen and oxygen atoms in total. The van der Waals surface area contributed by atoms with Gasteiger partial charge in [-0.25, -0.2) is 4.79 Å². The highest BCUT2D eigenvalue weighted by molar-refractivity contribution is 7.57. The van der Waals surface area contributed by atoms with Crippen molar-refractivity contribution in [3.05, 3.63) is 12.2 Å². The number of ether oxygens (including phenoxy) is 1. The van der Waals surface area contributed by atoms with Crippen molar-refractivity contribution in [2.24, 2.45) is 0 Å². The van der Waals surface area contributed by atoms with Crippen LogP contribution in [0.2, 0.25) is 0 Å². The molecule has 0 aromatic carbocycles. The van der Waals surface area contributed by atoms with Gasteiger partial charge in [-0.2, -0.15) is 0 Å². The minimum atomic E-state index is -0.312. The van der Waals surface area contributed by atoms with Crippen LogP contribution in [0.3, 0.4) is 0 Å². The van der Waals surface area contributed by atoms with Crippen LogP contribution in [0, 0.1) is 0 Å². The van der Waals surface area contributed by atoms with Gasteiger partial charge in [0.1, 0.15) is 0 Å². The number of esters is 1. The molecule has 206 valence electrons. The van der Waals surface area contributed by atoms with E-state index < -0.39 is 0 Å². The van der Waals surface area contributed by atoms with E-state index in [9.17, 15) is 4.79 Å². The van der Waals surface area contributed by atoms with E-state index in [-0.39, 0.29) is 26.3 Å². The minimum absolute atomic E-state index is 0. The van der Waals surface area contributed by atoms with Crippen molar-refractivity contribution >= 4 is 13.9 Å². The van der Waals surface area contributed by atoms with Crippen LogP contribution in [0.4, 0.5) is 0 Å². The molecule has 0 atom stereocenters. The van der Waals surface area contributed by atoms with Gasteiger partial charge in [-0.15, -0.1) is 0 Å². The molecule has 0 aliphatic carbocycles. The van der Waals surface area contributed by atoms with E-state index in [4.69, 9.17) is 0 Å².